The van der Waals surface area contributed by atoms with Crippen molar-refractivity contribution in [1.29, 1.82) is 0 Å². The molecule has 0 N–H and O–H groups in total. The summed E-state index contributed by atoms with van der Waals surface area (Å²) in [5.41, 5.74) is 1.70. The molecule has 0 saturated carbocycles. The van der Waals surface area contributed by atoms with Crippen molar-refractivity contribution in [3.05, 3.63) is 52.7 Å². The molecule has 3 rings (SSSR count). The molecule has 2 aromatic rings. The van der Waals surface area contributed by atoms with Gasteiger partial charge in [0.1, 0.15) is 10.8 Å². The number of pyridine rings is 1. The van der Waals surface area contributed by atoms with Gasteiger partial charge in [0.2, 0.25) is 5.88 Å². The number of benzene rings is 1. The molecule has 1 aromatic carbocycles. The molecule has 0 spiro atoms. The Kier molecular flexibility index (Phi) is 5.59. The van der Waals surface area contributed by atoms with Crippen LogP contribution in [-0.4, -0.2) is 28.9 Å². The number of ether oxygens (including phenoxy) is 1. The van der Waals surface area contributed by atoms with Gasteiger partial charge in [-0.2, -0.15) is 0 Å². The van der Waals surface area contributed by atoms with Gasteiger partial charge in [-0.3, -0.25) is 4.79 Å². The lowest BCUT2D eigenvalue weighted by Crippen LogP contribution is -2.35. The molecule has 1 aliphatic rings. The number of likely N-dealkylation sites (tertiary alicyclic amines) is 1. The maximum absolute atomic E-state index is 12.5. The lowest BCUT2D eigenvalue weighted by molar-refractivity contribution is 0.0724. The number of carbonyl (C=O) groups is 1. The van der Waals surface area contributed by atoms with E-state index in [1.807, 2.05) is 23.1 Å². The van der Waals surface area contributed by atoms with Gasteiger partial charge in [0.15, 0.2) is 0 Å². The number of hydrogen-bond acceptors (Lipinski definition) is 3. The van der Waals surface area contributed by atoms with E-state index in [2.05, 4.69) is 24.9 Å². The standard InChI is InChI=1S/C20H23ClN2O2/c1-14(2)15-7-6-8-17(11-15)25-19-18(21)12-16(13-22-19)20(24)23-9-4-3-5-10-23/h6-8,11-14H,3-5,9-10H2,1-2H3. The van der Waals surface area contributed by atoms with Crippen LogP contribution in [0.1, 0.15) is 54.9 Å². The lowest BCUT2D eigenvalue weighted by atomic mass is 10.0. The van der Waals surface area contributed by atoms with E-state index >= 15 is 0 Å². The lowest BCUT2D eigenvalue weighted by Gasteiger charge is -2.26. The Balaban J connectivity index is 1.75. The molecule has 1 aromatic heterocycles. The van der Waals surface area contributed by atoms with Crippen LogP contribution in [0.25, 0.3) is 0 Å². The Morgan fingerprint density at radius 1 is 1.20 bits per heavy atom. The summed E-state index contributed by atoms with van der Waals surface area (Å²) in [5.74, 6) is 1.41. The van der Waals surface area contributed by atoms with Crippen molar-refractivity contribution in [3.63, 3.8) is 0 Å². The molecule has 25 heavy (non-hydrogen) atoms. The average molecular weight is 359 g/mol. The molecule has 2 heterocycles. The first-order chi connectivity index (χ1) is 12.0. The van der Waals surface area contributed by atoms with E-state index in [4.69, 9.17) is 16.3 Å². The second-order valence-electron chi connectivity index (χ2n) is 6.69. The van der Waals surface area contributed by atoms with Crippen LogP contribution in [0, 0.1) is 0 Å². The summed E-state index contributed by atoms with van der Waals surface area (Å²) < 4.78 is 5.81. The van der Waals surface area contributed by atoms with Gasteiger partial charge in [0.05, 0.1) is 5.56 Å². The number of aromatic nitrogens is 1. The van der Waals surface area contributed by atoms with Crippen LogP contribution in [0.2, 0.25) is 5.02 Å². The second-order valence-corrected chi connectivity index (χ2v) is 7.10. The Labute approximate surface area is 153 Å². The van der Waals surface area contributed by atoms with Gasteiger partial charge >= 0.3 is 0 Å². The van der Waals surface area contributed by atoms with Crippen molar-refractivity contribution in [3.8, 4) is 11.6 Å². The molecule has 1 amide bonds. The first kappa shape index (κ1) is 17.7. The highest BCUT2D eigenvalue weighted by Gasteiger charge is 2.20. The van der Waals surface area contributed by atoms with Crippen LogP contribution in [-0.2, 0) is 0 Å². The molecular weight excluding hydrogens is 336 g/mol. The van der Waals surface area contributed by atoms with Crippen LogP contribution in [0.15, 0.2) is 36.5 Å². The van der Waals surface area contributed by atoms with Crippen LogP contribution in [0.4, 0.5) is 0 Å². The van der Waals surface area contributed by atoms with Gasteiger partial charge in [-0.15, -0.1) is 0 Å². The summed E-state index contributed by atoms with van der Waals surface area (Å²) in [6.45, 7) is 5.87. The Morgan fingerprint density at radius 3 is 2.64 bits per heavy atom. The largest absolute Gasteiger partial charge is 0.438 e. The number of amides is 1. The summed E-state index contributed by atoms with van der Waals surface area (Å²) in [4.78, 5) is 18.7. The predicted octanol–water partition coefficient (Wildman–Crippen LogP) is 5.28. The minimum Gasteiger partial charge on any atom is -0.438 e. The minimum atomic E-state index is -0.0116. The van der Waals surface area contributed by atoms with E-state index in [9.17, 15) is 4.79 Å². The summed E-state index contributed by atoms with van der Waals surface area (Å²) in [7, 11) is 0. The highest BCUT2D eigenvalue weighted by atomic mass is 35.5. The molecular formula is C20H23ClN2O2. The molecule has 0 atom stereocenters. The van der Waals surface area contributed by atoms with Crippen LogP contribution < -0.4 is 4.74 Å². The topological polar surface area (TPSA) is 42.4 Å². The first-order valence-electron chi connectivity index (χ1n) is 8.77. The maximum atomic E-state index is 12.5. The van der Waals surface area contributed by atoms with E-state index < -0.39 is 0 Å². The maximum Gasteiger partial charge on any atom is 0.255 e. The van der Waals surface area contributed by atoms with Gasteiger partial charge in [-0.1, -0.05) is 37.6 Å². The van der Waals surface area contributed by atoms with Gasteiger partial charge in [-0.05, 0) is 48.9 Å². The molecule has 1 aliphatic heterocycles. The molecule has 5 heteroatoms. The first-order valence-corrected chi connectivity index (χ1v) is 9.15. The van der Waals surface area contributed by atoms with Crippen LogP contribution in [0.5, 0.6) is 11.6 Å². The van der Waals surface area contributed by atoms with Gasteiger partial charge in [0, 0.05) is 19.3 Å². The van der Waals surface area contributed by atoms with Crippen molar-refractivity contribution >= 4 is 17.5 Å². The zero-order chi connectivity index (χ0) is 17.8. The Morgan fingerprint density at radius 2 is 1.96 bits per heavy atom. The fraction of sp³-hybridized carbons (Fsp3) is 0.400. The summed E-state index contributed by atoms with van der Waals surface area (Å²) in [6, 6.07) is 9.51. The zero-order valence-corrected chi connectivity index (χ0v) is 15.4. The molecule has 0 unspecified atom stereocenters. The molecule has 1 saturated heterocycles. The van der Waals surface area contributed by atoms with Gasteiger partial charge in [0.25, 0.3) is 5.91 Å². The third-order valence-corrected chi connectivity index (χ3v) is 4.71. The van der Waals surface area contributed by atoms with Crippen molar-refractivity contribution < 1.29 is 9.53 Å². The SMILES string of the molecule is CC(C)c1cccc(Oc2ncc(C(=O)N3CCCCC3)cc2Cl)c1. The predicted molar refractivity (Wildman–Crippen MR) is 99.6 cm³/mol. The van der Waals surface area contributed by atoms with E-state index in [0.29, 0.717) is 28.1 Å². The molecule has 0 bridgehead atoms. The van der Waals surface area contributed by atoms with Crippen molar-refractivity contribution in [2.24, 2.45) is 0 Å². The minimum absolute atomic E-state index is 0.0116. The van der Waals surface area contributed by atoms with Crippen LogP contribution in [0.3, 0.4) is 0 Å². The number of carbonyl (C=O) groups excluding carboxylic acids is 1. The molecule has 4 nitrogen and oxygen atoms in total. The van der Waals surface area contributed by atoms with Crippen LogP contribution >= 0.6 is 11.6 Å². The van der Waals surface area contributed by atoms with Gasteiger partial charge < -0.3 is 9.64 Å². The number of nitrogens with zero attached hydrogens (tertiary/aromatic N) is 2. The number of piperidine rings is 1. The average Bonchev–Trinajstić information content (AvgIpc) is 2.64. The highest BCUT2D eigenvalue weighted by molar-refractivity contribution is 6.32. The summed E-state index contributed by atoms with van der Waals surface area (Å²) in [5, 5.41) is 0.345. The normalized spacial score (nSPS) is 14.6. The molecule has 0 radical (unpaired) electrons. The molecule has 0 aliphatic carbocycles. The van der Waals surface area contributed by atoms with Crippen molar-refractivity contribution in [1.82, 2.24) is 9.88 Å². The number of halogens is 1. The Hall–Kier alpha value is -2.07. The van der Waals surface area contributed by atoms with Crippen molar-refractivity contribution in [2.75, 3.05) is 13.1 Å². The highest BCUT2D eigenvalue weighted by Crippen LogP contribution is 2.30. The molecule has 1 fully saturated rings. The number of hydrogen-bond donors (Lipinski definition) is 0. The number of rotatable bonds is 4. The van der Waals surface area contributed by atoms with Gasteiger partial charge in [-0.25, -0.2) is 4.98 Å². The van der Waals surface area contributed by atoms with E-state index in [-0.39, 0.29) is 5.91 Å². The Bertz CT molecular complexity index is 755. The third kappa shape index (κ3) is 4.31. The fourth-order valence-corrected chi connectivity index (χ4v) is 3.15. The fourth-order valence-electron chi connectivity index (χ4n) is 2.95. The van der Waals surface area contributed by atoms with E-state index in [1.54, 1.807) is 12.3 Å². The quantitative estimate of drug-likeness (QED) is 0.747. The summed E-state index contributed by atoms with van der Waals surface area (Å²) >= 11 is 6.31. The van der Waals surface area contributed by atoms with Crippen molar-refractivity contribution in [2.45, 2.75) is 39.0 Å². The van der Waals surface area contributed by atoms with E-state index in [0.717, 1.165) is 25.9 Å². The third-order valence-electron chi connectivity index (χ3n) is 4.44. The van der Waals surface area contributed by atoms with E-state index in [1.165, 1.54) is 12.0 Å². The summed E-state index contributed by atoms with van der Waals surface area (Å²) in [6.07, 6.45) is 4.84. The monoisotopic (exact) mass is 358 g/mol. The smallest absolute Gasteiger partial charge is 0.255 e. The zero-order valence-electron chi connectivity index (χ0n) is 14.7. The second kappa shape index (κ2) is 7.87. The molecule has 132 valence electrons.